The van der Waals surface area contributed by atoms with Crippen molar-refractivity contribution in [2.45, 2.75) is 33.6 Å². The standard InChI is InChI=1S/C23H23NO2S/c1-23(2,3)15-11-14(12-16-7-6-10-27-16)21-18(13-15)20(22(25)26)17-8-4-5-9-19(17)24-21/h4-10,12,15H,11,13H2,1-3H3,(H,25,26)/p-1/b14-12+/t15-/m0/s1. The van der Waals surface area contributed by atoms with Crippen LogP contribution in [0.1, 0.15) is 53.7 Å². The number of nitrogens with zero attached hydrogens (tertiary/aromatic N) is 1. The van der Waals surface area contributed by atoms with Gasteiger partial charge in [0.25, 0.3) is 0 Å². The van der Waals surface area contributed by atoms with Gasteiger partial charge >= 0.3 is 0 Å². The van der Waals surface area contributed by atoms with E-state index in [0.717, 1.165) is 28.1 Å². The van der Waals surface area contributed by atoms with E-state index in [0.29, 0.717) is 28.8 Å². The molecular formula is C23H22NO2S-. The molecule has 0 N–H and O–H groups in total. The number of carbonyl (C=O) groups is 1. The summed E-state index contributed by atoms with van der Waals surface area (Å²) in [6, 6.07) is 11.6. The topological polar surface area (TPSA) is 53.0 Å². The van der Waals surface area contributed by atoms with Crippen LogP contribution in [-0.2, 0) is 6.42 Å². The number of pyridine rings is 1. The van der Waals surface area contributed by atoms with Crippen molar-refractivity contribution in [3.8, 4) is 0 Å². The van der Waals surface area contributed by atoms with Crippen molar-refractivity contribution in [3.63, 3.8) is 0 Å². The number of rotatable bonds is 2. The Morgan fingerprint density at radius 3 is 2.63 bits per heavy atom. The van der Waals surface area contributed by atoms with Gasteiger partial charge in [-0.3, -0.25) is 0 Å². The lowest BCUT2D eigenvalue weighted by Gasteiger charge is -2.37. The summed E-state index contributed by atoms with van der Waals surface area (Å²) in [7, 11) is 0. The first-order valence-electron chi connectivity index (χ1n) is 9.22. The second kappa shape index (κ2) is 6.61. The minimum Gasteiger partial charge on any atom is -0.545 e. The number of fused-ring (bicyclic) bond motifs is 2. The van der Waals surface area contributed by atoms with Gasteiger partial charge in [0.1, 0.15) is 0 Å². The summed E-state index contributed by atoms with van der Waals surface area (Å²) in [5, 5.41) is 14.8. The molecule has 27 heavy (non-hydrogen) atoms. The maximum Gasteiger partial charge on any atom is 0.0725 e. The van der Waals surface area contributed by atoms with Gasteiger partial charge in [0.15, 0.2) is 0 Å². The van der Waals surface area contributed by atoms with E-state index >= 15 is 0 Å². The fourth-order valence-corrected chi connectivity index (χ4v) is 4.60. The van der Waals surface area contributed by atoms with Crippen molar-refractivity contribution in [3.05, 3.63) is 63.5 Å². The second-order valence-electron chi connectivity index (χ2n) is 8.27. The van der Waals surface area contributed by atoms with Gasteiger partial charge in [0, 0.05) is 15.8 Å². The molecule has 1 aliphatic rings. The molecule has 0 unspecified atom stereocenters. The Balaban J connectivity index is 2.01. The lowest BCUT2D eigenvalue weighted by atomic mass is 9.69. The predicted octanol–water partition coefficient (Wildman–Crippen LogP) is 4.81. The molecule has 1 aliphatic carbocycles. The molecule has 0 saturated carbocycles. The SMILES string of the molecule is CC(C)(C)[C@H]1C/C(=C\c2cccs2)c2nc3ccccc3c(C(=O)[O-])c2C1. The summed E-state index contributed by atoms with van der Waals surface area (Å²) >= 11 is 1.68. The fourth-order valence-electron chi connectivity index (χ4n) is 3.91. The Kier molecular flexibility index (Phi) is 4.39. The Bertz CT molecular complexity index is 1040. The first-order chi connectivity index (χ1) is 12.8. The molecule has 0 radical (unpaired) electrons. The van der Waals surface area contributed by atoms with E-state index in [2.05, 4.69) is 38.3 Å². The molecule has 0 bridgehead atoms. The first kappa shape index (κ1) is 17.9. The Morgan fingerprint density at radius 1 is 1.19 bits per heavy atom. The monoisotopic (exact) mass is 376 g/mol. The van der Waals surface area contributed by atoms with Crippen LogP contribution in [0.2, 0.25) is 0 Å². The number of hydrogen-bond acceptors (Lipinski definition) is 4. The van der Waals surface area contributed by atoms with Crippen molar-refractivity contribution < 1.29 is 9.90 Å². The van der Waals surface area contributed by atoms with Crippen molar-refractivity contribution >= 4 is 39.9 Å². The second-order valence-corrected chi connectivity index (χ2v) is 9.25. The largest absolute Gasteiger partial charge is 0.545 e. The molecule has 0 aliphatic heterocycles. The molecule has 1 aromatic carbocycles. The van der Waals surface area contributed by atoms with Gasteiger partial charge in [-0.25, -0.2) is 4.98 Å². The molecule has 3 aromatic rings. The van der Waals surface area contributed by atoms with Crippen LogP contribution in [-0.4, -0.2) is 11.0 Å². The molecular weight excluding hydrogens is 354 g/mol. The minimum atomic E-state index is -1.12. The van der Waals surface area contributed by atoms with Crippen molar-refractivity contribution in [2.75, 3.05) is 0 Å². The first-order valence-corrected chi connectivity index (χ1v) is 10.1. The van der Waals surface area contributed by atoms with Crippen LogP contribution in [0.4, 0.5) is 0 Å². The van der Waals surface area contributed by atoms with Gasteiger partial charge in [-0.1, -0.05) is 45.0 Å². The molecule has 1 atom stereocenters. The van der Waals surface area contributed by atoms with Gasteiger partial charge in [0.2, 0.25) is 0 Å². The maximum absolute atomic E-state index is 12.1. The van der Waals surface area contributed by atoms with Crippen molar-refractivity contribution in [2.24, 2.45) is 11.3 Å². The zero-order valence-corrected chi connectivity index (χ0v) is 16.6. The van der Waals surface area contributed by atoms with Gasteiger partial charge in [0.05, 0.1) is 17.2 Å². The van der Waals surface area contributed by atoms with Crippen molar-refractivity contribution in [1.29, 1.82) is 0 Å². The highest BCUT2D eigenvalue weighted by Crippen LogP contribution is 2.44. The third-order valence-electron chi connectivity index (χ3n) is 5.50. The summed E-state index contributed by atoms with van der Waals surface area (Å²) in [5.41, 5.74) is 3.85. The number of carbonyl (C=O) groups excluding carboxylic acids is 1. The molecule has 0 spiro atoms. The molecule has 4 rings (SSSR count). The van der Waals surface area contributed by atoms with E-state index in [4.69, 9.17) is 4.98 Å². The molecule has 0 amide bonds. The van der Waals surface area contributed by atoms with Gasteiger partial charge in [-0.05, 0) is 58.9 Å². The van der Waals surface area contributed by atoms with Gasteiger partial charge in [-0.15, -0.1) is 11.3 Å². The van der Waals surface area contributed by atoms with Crippen LogP contribution in [0.3, 0.4) is 0 Å². The molecule has 2 heterocycles. The molecule has 4 heteroatoms. The van der Waals surface area contributed by atoms with Crippen LogP contribution in [0.25, 0.3) is 22.6 Å². The van der Waals surface area contributed by atoms with E-state index < -0.39 is 5.97 Å². The normalized spacial score (nSPS) is 18.6. The molecule has 138 valence electrons. The van der Waals surface area contributed by atoms with Crippen LogP contribution in [0, 0.1) is 11.3 Å². The average Bonchev–Trinajstić information content (AvgIpc) is 3.11. The maximum atomic E-state index is 12.1. The highest BCUT2D eigenvalue weighted by atomic mass is 32.1. The molecule has 2 aromatic heterocycles. The number of aromatic nitrogens is 1. The summed E-state index contributed by atoms with van der Waals surface area (Å²) in [4.78, 5) is 18.2. The minimum absolute atomic E-state index is 0.0705. The quantitative estimate of drug-likeness (QED) is 0.645. The highest BCUT2D eigenvalue weighted by molar-refractivity contribution is 7.10. The molecule has 0 saturated heterocycles. The number of aromatic carboxylic acids is 1. The van der Waals surface area contributed by atoms with Gasteiger partial charge < -0.3 is 9.90 Å². The number of carboxylic acid groups (broad SMARTS) is 1. The molecule has 3 nitrogen and oxygen atoms in total. The number of benzene rings is 1. The summed E-state index contributed by atoms with van der Waals surface area (Å²) in [6.45, 7) is 6.66. The summed E-state index contributed by atoms with van der Waals surface area (Å²) < 4.78 is 0. The van der Waals surface area contributed by atoms with E-state index in [1.807, 2.05) is 30.3 Å². The Morgan fingerprint density at radius 2 is 1.96 bits per heavy atom. The van der Waals surface area contributed by atoms with E-state index in [1.54, 1.807) is 11.3 Å². The zero-order valence-electron chi connectivity index (χ0n) is 15.8. The van der Waals surface area contributed by atoms with Crippen LogP contribution in [0.5, 0.6) is 0 Å². The number of allylic oxidation sites excluding steroid dienone is 1. The Hall–Kier alpha value is -2.46. The van der Waals surface area contributed by atoms with Crippen LogP contribution >= 0.6 is 11.3 Å². The zero-order chi connectivity index (χ0) is 19.2. The van der Waals surface area contributed by atoms with Crippen LogP contribution in [0.15, 0.2) is 41.8 Å². The number of hydrogen-bond donors (Lipinski definition) is 0. The van der Waals surface area contributed by atoms with E-state index in [-0.39, 0.29) is 5.41 Å². The highest BCUT2D eigenvalue weighted by Gasteiger charge is 2.34. The molecule has 0 fully saturated rings. The number of para-hydroxylation sites is 1. The third kappa shape index (κ3) is 3.30. The van der Waals surface area contributed by atoms with Crippen LogP contribution < -0.4 is 5.11 Å². The third-order valence-corrected chi connectivity index (χ3v) is 6.32. The smallest absolute Gasteiger partial charge is 0.0725 e. The van der Waals surface area contributed by atoms with E-state index in [1.165, 1.54) is 0 Å². The van der Waals surface area contributed by atoms with E-state index in [9.17, 15) is 9.90 Å². The lowest BCUT2D eigenvalue weighted by molar-refractivity contribution is -0.254. The summed E-state index contributed by atoms with van der Waals surface area (Å²) in [5.74, 6) is -0.771. The predicted molar refractivity (Wildman–Crippen MR) is 110 cm³/mol. The average molecular weight is 377 g/mol. The fraction of sp³-hybridized carbons (Fsp3) is 0.304. The summed E-state index contributed by atoms with van der Waals surface area (Å²) in [6.07, 6.45) is 3.77. The lowest BCUT2D eigenvalue weighted by Crippen LogP contribution is -2.31. The number of carboxylic acids is 1. The van der Waals surface area contributed by atoms with Crippen molar-refractivity contribution in [1.82, 2.24) is 4.98 Å². The number of thiophene rings is 1. The van der Waals surface area contributed by atoms with Gasteiger partial charge in [-0.2, -0.15) is 0 Å². The Labute approximate surface area is 163 Å².